The lowest BCUT2D eigenvalue weighted by atomic mass is 9.48. The zero-order valence-corrected chi connectivity index (χ0v) is 15.2. The summed E-state index contributed by atoms with van der Waals surface area (Å²) in [5.74, 6) is 1.03. The number of carbonyl (C=O) groups is 2. The minimum Gasteiger partial charge on any atom is -0.462 e. The topological polar surface area (TPSA) is 61.8 Å². The molecule has 5 heteroatoms. The smallest absolute Gasteiger partial charge is 0.312 e. The van der Waals surface area contributed by atoms with E-state index in [0.29, 0.717) is 17.8 Å². The molecule has 2 aliphatic heterocycles. The number of hydrogen-bond donors (Lipinski definition) is 0. The highest BCUT2D eigenvalue weighted by atomic mass is 16.6. The molecule has 6 rings (SSSR count). The first-order valence-electron chi connectivity index (χ1n) is 9.93. The van der Waals surface area contributed by atoms with Gasteiger partial charge in [0.15, 0.2) is 0 Å². The Bertz CT molecular complexity index is 599. The second-order valence-electron chi connectivity index (χ2n) is 9.55. The highest BCUT2D eigenvalue weighted by molar-refractivity contribution is 5.78. The van der Waals surface area contributed by atoms with E-state index in [2.05, 4.69) is 6.92 Å². The normalized spacial score (nSPS) is 52.4. The molecule has 0 spiro atoms. The Morgan fingerprint density at radius 2 is 1.76 bits per heavy atom. The largest absolute Gasteiger partial charge is 0.462 e. The third kappa shape index (κ3) is 2.37. The molecule has 2 heterocycles. The van der Waals surface area contributed by atoms with Crippen molar-refractivity contribution in [2.75, 3.05) is 0 Å². The van der Waals surface area contributed by atoms with Crippen molar-refractivity contribution in [2.45, 2.75) is 89.1 Å². The van der Waals surface area contributed by atoms with Crippen molar-refractivity contribution < 1.29 is 23.8 Å². The van der Waals surface area contributed by atoms with E-state index in [1.165, 1.54) is 6.92 Å². The lowest BCUT2D eigenvalue weighted by Crippen LogP contribution is -2.58. The van der Waals surface area contributed by atoms with Gasteiger partial charge in [-0.15, -0.1) is 0 Å². The van der Waals surface area contributed by atoms with E-state index in [4.69, 9.17) is 14.2 Å². The van der Waals surface area contributed by atoms with Crippen LogP contribution < -0.4 is 0 Å². The van der Waals surface area contributed by atoms with Crippen molar-refractivity contribution in [3.8, 4) is 0 Å². The van der Waals surface area contributed by atoms with Crippen LogP contribution in [0.3, 0.4) is 0 Å². The fourth-order valence-electron chi connectivity index (χ4n) is 6.93. The quantitative estimate of drug-likeness (QED) is 0.734. The molecule has 5 unspecified atom stereocenters. The van der Waals surface area contributed by atoms with Gasteiger partial charge in [-0.25, -0.2) is 0 Å². The van der Waals surface area contributed by atoms with Gasteiger partial charge >= 0.3 is 11.9 Å². The van der Waals surface area contributed by atoms with Gasteiger partial charge in [0.25, 0.3) is 0 Å². The monoisotopic (exact) mass is 348 g/mol. The number of carbonyl (C=O) groups excluding carboxylic acids is 2. The molecule has 0 aromatic carbocycles. The molecule has 6 aliphatic rings. The molecular formula is C20H28O5. The highest BCUT2D eigenvalue weighted by Crippen LogP contribution is 2.61. The van der Waals surface area contributed by atoms with Gasteiger partial charge in [0.1, 0.15) is 11.7 Å². The first-order chi connectivity index (χ1) is 11.9. The van der Waals surface area contributed by atoms with E-state index in [9.17, 15) is 9.59 Å². The minimum absolute atomic E-state index is 0.00757. The van der Waals surface area contributed by atoms with Crippen molar-refractivity contribution in [3.05, 3.63) is 0 Å². The van der Waals surface area contributed by atoms with Gasteiger partial charge in [0.05, 0.1) is 17.6 Å². The maximum absolute atomic E-state index is 13.3. The fourth-order valence-corrected chi connectivity index (χ4v) is 6.93. The fraction of sp³-hybridized carbons (Fsp3) is 0.900. The average Bonchev–Trinajstić information content (AvgIpc) is 3.10. The summed E-state index contributed by atoms with van der Waals surface area (Å²) < 4.78 is 17.7. The van der Waals surface area contributed by atoms with Crippen molar-refractivity contribution in [2.24, 2.45) is 23.2 Å². The second kappa shape index (κ2) is 5.21. The first kappa shape index (κ1) is 16.1. The minimum atomic E-state index is -0.446. The molecular weight excluding hydrogens is 320 g/mol. The summed E-state index contributed by atoms with van der Waals surface area (Å²) in [6.07, 6.45) is 8.08. The molecule has 25 heavy (non-hydrogen) atoms. The summed E-state index contributed by atoms with van der Waals surface area (Å²) in [5, 5.41) is 0. The third-order valence-electron chi connectivity index (χ3n) is 7.67. The lowest BCUT2D eigenvalue weighted by Gasteiger charge is -2.58. The molecule has 138 valence electrons. The Morgan fingerprint density at radius 1 is 1.04 bits per heavy atom. The van der Waals surface area contributed by atoms with Crippen molar-refractivity contribution >= 4 is 11.9 Å². The van der Waals surface area contributed by atoms with E-state index < -0.39 is 5.60 Å². The maximum Gasteiger partial charge on any atom is 0.312 e. The molecule has 2 saturated heterocycles. The highest BCUT2D eigenvalue weighted by Gasteiger charge is 2.62. The molecule has 5 atom stereocenters. The number of fused-ring (bicyclic) bond motifs is 2. The second-order valence-corrected chi connectivity index (χ2v) is 9.55. The van der Waals surface area contributed by atoms with Crippen LogP contribution in [0.25, 0.3) is 0 Å². The van der Waals surface area contributed by atoms with Crippen LogP contribution in [0.4, 0.5) is 0 Å². The summed E-state index contributed by atoms with van der Waals surface area (Å²) in [6.45, 7) is 3.54. The molecule has 0 N–H and O–H groups in total. The summed E-state index contributed by atoms with van der Waals surface area (Å²) in [7, 11) is 0. The van der Waals surface area contributed by atoms with E-state index >= 15 is 0 Å². The van der Waals surface area contributed by atoms with Crippen LogP contribution in [-0.4, -0.2) is 35.9 Å². The van der Waals surface area contributed by atoms with E-state index in [-0.39, 0.29) is 35.7 Å². The molecule has 6 bridgehead atoms. The van der Waals surface area contributed by atoms with Crippen LogP contribution in [0.1, 0.15) is 65.2 Å². The predicted octanol–water partition coefficient (Wildman–Crippen LogP) is 3.00. The zero-order valence-electron chi connectivity index (χ0n) is 15.2. The molecule has 6 fully saturated rings. The average molecular weight is 348 g/mol. The van der Waals surface area contributed by atoms with E-state index in [0.717, 1.165) is 51.4 Å². The van der Waals surface area contributed by atoms with Gasteiger partial charge in [-0.3, -0.25) is 9.59 Å². The van der Waals surface area contributed by atoms with Gasteiger partial charge in [-0.05, 0) is 69.6 Å². The number of rotatable bonds is 3. The van der Waals surface area contributed by atoms with Gasteiger partial charge < -0.3 is 14.2 Å². The Labute approximate surface area is 148 Å². The number of ether oxygens (including phenoxy) is 3. The van der Waals surface area contributed by atoms with Crippen LogP contribution in [0.5, 0.6) is 0 Å². The van der Waals surface area contributed by atoms with Crippen LogP contribution in [0.15, 0.2) is 0 Å². The Morgan fingerprint density at radius 3 is 2.32 bits per heavy atom. The van der Waals surface area contributed by atoms with Crippen LogP contribution in [-0.2, 0) is 23.8 Å². The summed E-state index contributed by atoms with van der Waals surface area (Å²) in [4.78, 5) is 24.7. The summed E-state index contributed by atoms with van der Waals surface area (Å²) in [5.41, 5.74) is -0.795. The number of esters is 2. The maximum atomic E-state index is 13.3. The molecule has 0 aromatic rings. The van der Waals surface area contributed by atoms with Crippen LogP contribution in [0.2, 0.25) is 0 Å². The third-order valence-corrected chi connectivity index (χ3v) is 7.67. The number of hydrogen-bond acceptors (Lipinski definition) is 5. The molecule has 0 aromatic heterocycles. The van der Waals surface area contributed by atoms with Crippen molar-refractivity contribution in [1.82, 2.24) is 0 Å². The molecule has 0 radical (unpaired) electrons. The summed E-state index contributed by atoms with van der Waals surface area (Å²) in [6, 6.07) is 0. The zero-order chi connectivity index (χ0) is 17.4. The predicted molar refractivity (Wildman–Crippen MR) is 88.6 cm³/mol. The lowest BCUT2D eigenvalue weighted by molar-refractivity contribution is -0.205. The molecule has 5 nitrogen and oxygen atoms in total. The standard InChI is InChI=1S/C20H28O5/c1-11(21)23-17-13-5-12-6-14(17)9-20(7-12,8-13)18(22)25-19(2)10-15-3-4-16(19)24-15/h12-17H,3-10H2,1-2H3. The molecule has 4 saturated carbocycles. The SMILES string of the molecule is CC(=O)OC1C2CC3CC1CC(C(=O)OC1(C)CC4CCC1O4)(C3)C2. The Balaban J connectivity index is 1.34. The first-order valence-corrected chi connectivity index (χ1v) is 9.93. The van der Waals surface area contributed by atoms with Gasteiger partial charge in [-0.1, -0.05) is 0 Å². The Hall–Kier alpha value is -1.10. The van der Waals surface area contributed by atoms with Crippen LogP contribution >= 0.6 is 0 Å². The van der Waals surface area contributed by atoms with E-state index in [1.807, 2.05) is 0 Å². The van der Waals surface area contributed by atoms with Gasteiger partial charge in [0.2, 0.25) is 0 Å². The van der Waals surface area contributed by atoms with Crippen molar-refractivity contribution in [1.29, 1.82) is 0 Å². The van der Waals surface area contributed by atoms with Crippen molar-refractivity contribution in [3.63, 3.8) is 0 Å². The van der Waals surface area contributed by atoms with Gasteiger partial charge in [0, 0.05) is 13.3 Å². The molecule has 0 amide bonds. The summed E-state index contributed by atoms with van der Waals surface area (Å²) >= 11 is 0. The molecule has 4 aliphatic carbocycles. The van der Waals surface area contributed by atoms with Crippen LogP contribution in [0, 0.1) is 23.2 Å². The van der Waals surface area contributed by atoms with Gasteiger partial charge in [-0.2, -0.15) is 0 Å². The Kier molecular flexibility index (Phi) is 3.36. The van der Waals surface area contributed by atoms with E-state index in [1.54, 1.807) is 0 Å².